The minimum atomic E-state index is -0.861. The van der Waals surface area contributed by atoms with Gasteiger partial charge >= 0.3 is 17.9 Å². The van der Waals surface area contributed by atoms with Crippen molar-refractivity contribution in [3.63, 3.8) is 0 Å². The topological polar surface area (TPSA) is 78.9 Å². The molecule has 0 bridgehead atoms. The fourth-order valence-electron chi connectivity index (χ4n) is 1.94. The van der Waals surface area contributed by atoms with Gasteiger partial charge in [0, 0.05) is 6.42 Å². The Hall–Kier alpha value is -2.37. The normalized spacial score (nSPS) is 17.2. The van der Waals surface area contributed by atoms with Crippen molar-refractivity contribution in [1.82, 2.24) is 0 Å². The lowest BCUT2D eigenvalue weighted by Gasteiger charge is -2.10. The van der Waals surface area contributed by atoms with Crippen LogP contribution in [0.3, 0.4) is 0 Å². The van der Waals surface area contributed by atoms with Crippen LogP contribution in [-0.2, 0) is 35.0 Å². The van der Waals surface area contributed by atoms with E-state index >= 15 is 0 Å². The second kappa shape index (κ2) is 6.88. The number of cyclic esters (lactones) is 1. The molecule has 1 saturated heterocycles. The van der Waals surface area contributed by atoms with Gasteiger partial charge in [-0.05, 0) is 12.5 Å². The Morgan fingerprint density at radius 3 is 2.81 bits per heavy atom. The average molecular weight is 292 g/mol. The van der Waals surface area contributed by atoms with E-state index in [0.29, 0.717) is 6.42 Å². The second-order valence-corrected chi connectivity index (χ2v) is 4.77. The molecule has 0 radical (unpaired) electrons. The lowest BCUT2D eigenvalue weighted by molar-refractivity contribution is -0.182. The van der Waals surface area contributed by atoms with Crippen LogP contribution in [0.2, 0.25) is 0 Å². The molecule has 0 amide bonds. The van der Waals surface area contributed by atoms with Crippen LogP contribution in [0, 0.1) is 6.92 Å². The third kappa shape index (κ3) is 4.91. The Kier molecular flexibility index (Phi) is 4.92. The maximum atomic E-state index is 11.6. The first kappa shape index (κ1) is 15.0. The van der Waals surface area contributed by atoms with Crippen molar-refractivity contribution in [3.05, 3.63) is 35.4 Å². The van der Waals surface area contributed by atoms with Crippen LogP contribution < -0.4 is 0 Å². The minimum Gasteiger partial charge on any atom is -0.453 e. The first-order valence-corrected chi connectivity index (χ1v) is 6.63. The highest BCUT2D eigenvalue weighted by atomic mass is 16.7. The van der Waals surface area contributed by atoms with Crippen LogP contribution in [-0.4, -0.2) is 30.8 Å². The number of hydrogen-bond donors (Lipinski definition) is 0. The second-order valence-electron chi connectivity index (χ2n) is 4.77. The molecule has 6 heteroatoms. The summed E-state index contributed by atoms with van der Waals surface area (Å²) in [5.41, 5.74) is 1.86. The van der Waals surface area contributed by atoms with Crippen LogP contribution in [0.25, 0.3) is 0 Å². The Labute approximate surface area is 122 Å². The molecule has 1 aromatic carbocycles. The predicted octanol–water partition coefficient (Wildman–Crippen LogP) is 1.29. The first-order valence-electron chi connectivity index (χ1n) is 6.63. The SMILES string of the molecule is Cc1cccc(CC(=O)OCC(=O)OC2CCC(=O)O2)c1. The zero-order valence-corrected chi connectivity index (χ0v) is 11.7. The van der Waals surface area contributed by atoms with Gasteiger partial charge in [0.1, 0.15) is 0 Å². The smallest absolute Gasteiger partial charge is 0.347 e. The monoisotopic (exact) mass is 292 g/mol. The van der Waals surface area contributed by atoms with E-state index in [4.69, 9.17) is 14.2 Å². The van der Waals surface area contributed by atoms with Gasteiger partial charge in [0.15, 0.2) is 6.61 Å². The van der Waals surface area contributed by atoms with Crippen molar-refractivity contribution in [2.24, 2.45) is 0 Å². The highest BCUT2D eigenvalue weighted by Crippen LogP contribution is 2.14. The highest BCUT2D eigenvalue weighted by molar-refractivity contribution is 5.78. The number of benzene rings is 1. The lowest BCUT2D eigenvalue weighted by Crippen LogP contribution is -2.23. The zero-order chi connectivity index (χ0) is 15.2. The number of carbonyl (C=O) groups is 3. The van der Waals surface area contributed by atoms with Gasteiger partial charge in [-0.25, -0.2) is 4.79 Å². The third-order valence-electron chi connectivity index (χ3n) is 2.89. The molecule has 1 atom stereocenters. The van der Waals surface area contributed by atoms with Gasteiger partial charge in [0.2, 0.25) is 6.29 Å². The summed E-state index contributed by atoms with van der Waals surface area (Å²) in [5.74, 6) is -1.64. The quantitative estimate of drug-likeness (QED) is 0.761. The van der Waals surface area contributed by atoms with Crippen LogP contribution in [0.4, 0.5) is 0 Å². The summed E-state index contributed by atoms with van der Waals surface area (Å²) in [6.07, 6.45) is -0.208. The van der Waals surface area contributed by atoms with Crippen LogP contribution in [0.5, 0.6) is 0 Å². The van der Waals surface area contributed by atoms with Gasteiger partial charge < -0.3 is 14.2 Å². The van der Waals surface area contributed by atoms with E-state index in [1.54, 1.807) is 0 Å². The summed E-state index contributed by atoms with van der Waals surface area (Å²) in [6.45, 7) is 1.44. The fourth-order valence-corrected chi connectivity index (χ4v) is 1.94. The van der Waals surface area contributed by atoms with Gasteiger partial charge in [-0.1, -0.05) is 29.8 Å². The number of rotatable bonds is 5. The summed E-state index contributed by atoms with van der Waals surface area (Å²) in [5, 5.41) is 0. The molecule has 0 N–H and O–H groups in total. The summed E-state index contributed by atoms with van der Waals surface area (Å²) in [6, 6.07) is 7.46. The van der Waals surface area contributed by atoms with E-state index in [2.05, 4.69) is 0 Å². The number of hydrogen-bond acceptors (Lipinski definition) is 6. The number of carbonyl (C=O) groups excluding carboxylic acids is 3. The third-order valence-corrected chi connectivity index (χ3v) is 2.89. The number of ether oxygens (including phenoxy) is 3. The average Bonchev–Trinajstić information content (AvgIpc) is 2.82. The molecule has 1 aromatic rings. The maximum Gasteiger partial charge on any atom is 0.347 e. The molecule has 0 aromatic heterocycles. The van der Waals surface area contributed by atoms with E-state index in [-0.39, 0.29) is 12.8 Å². The Morgan fingerprint density at radius 2 is 2.14 bits per heavy atom. The molecule has 21 heavy (non-hydrogen) atoms. The molecule has 0 saturated carbocycles. The predicted molar refractivity (Wildman–Crippen MR) is 71.0 cm³/mol. The molecule has 1 fully saturated rings. The standard InChI is InChI=1S/C15H16O6/c1-10-3-2-4-11(7-10)8-13(17)19-9-14(18)21-15-6-5-12(16)20-15/h2-4,7,15H,5-6,8-9H2,1H3. The molecule has 1 heterocycles. The molecule has 6 nitrogen and oxygen atoms in total. The summed E-state index contributed by atoms with van der Waals surface area (Å²) in [7, 11) is 0. The summed E-state index contributed by atoms with van der Waals surface area (Å²) < 4.78 is 14.4. The van der Waals surface area contributed by atoms with E-state index in [1.165, 1.54) is 0 Å². The van der Waals surface area contributed by atoms with E-state index < -0.39 is 30.8 Å². The first-order chi connectivity index (χ1) is 10.0. The van der Waals surface area contributed by atoms with E-state index in [1.807, 2.05) is 31.2 Å². The summed E-state index contributed by atoms with van der Waals surface area (Å²) in [4.78, 5) is 33.9. The van der Waals surface area contributed by atoms with E-state index in [0.717, 1.165) is 11.1 Å². The van der Waals surface area contributed by atoms with Gasteiger partial charge in [0.05, 0.1) is 12.8 Å². The molecule has 2 rings (SSSR count). The van der Waals surface area contributed by atoms with Crippen LogP contribution >= 0.6 is 0 Å². The molecular weight excluding hydrogens is 276 g/mol. The Balaban J connectivity index is 1.71. The zero-order valence-electron chi connectivity index (χ0n) is 11.7. The highest BCUT2D eigenvalue weighted by Gasteiger charge is 2.26. The molecule has 0 aliphatic carbocycles. The summed E-state index contributed by atoms with van der Waals surface area (Å²) >= 11 is 0. The lowest BCUT2D eigenvalue weighted by atomic mass is 10.1. The van der Waals surface area contributed by atoms with E-state index in [9.17, 15) is 14.4 Å². The molecule has 112 valence electrons. The van der Waals surface area contributed by atoms with Crippen molar-refractivity contribution in [3.8, 4) is 0 Å². The Bertz CT molecular complexity index is 551. The maximum absolute atomic E-state index is 11.6. The van der Waals surface area contributed by atoms with Crippen molar-refractivity contribution in [2.45, 2.75) is 32.5 Å². The molecule has 1 aliphatic rings. The molecule has 0 spiro atoms. The van der Waals surface area contributed by atoms with Gasteiger partial charge in [-0.2, -0.15) is 0 Å². The fraction of sp³-hybridized carbons (Fsp3) is 0.400. The largest absolute Gasteiger partial charge is 0.453 e. The number of aryl methyl sites for hydroxylation is 1. The number of esters is 3. The van der Waals surface area contributed by atoms with Crippen molar-refractivity contribution < 1.29 is 28.6 Å². The molecule has 1 aliphatic heterocycles. The molecular formula is C15H16O6. The van der Waals surface area contributed by atoms with Crippen molar-refractivity contribution >= 4 is 17.9 Å². The van der Waals surface area contributed by atoms with Crippen LogP contribution in [0.1, 0.15) is 24.0 Å². The van der Waals surface area contributed by atoms with Crippen LogP contribution in [0.15, 0.2) is 24.3 Å². The van der Waals surface area contributed by atoms with Gasteiger partial charge in [-0.3, -0.25) is 9.59 Å². The Morgan fingerprint density at radius 1 is 1.33 bits per heavy atom. The van der Waals surface area contributed by atoms with Gasteiger partial charge in [0.25, 0.3) is 0 Å². The minimum absolute atomic E-state index is 0.0906. The van der Waals surface area contributed by atoms with Crippen molar-refractivity contribution in [1.29, 1.82) is 0 Å². The van der Waals surface area contributed by atoms with Gasteiger partial charge in [-0.15, -0.1) is 0 Å². The van der Waals surface area contributed by atoms with Crippen molar-refractivity contribution in [2.75, 3.05) is 6.61 Å². The molecule has 1 unspecified atom stereocenters.